The second-order valence-corrected chi connectivity index (χ2v) is 7.11. The molecule has 0 aliphatic rings. The first-order valence-corrected chi connectivity index (χ1v) is 9.74. The predicted molar refractivity (Wildman–Crippen MR) is 76.8 cm³/mol. The molecule has 0 saturated heterocycles. The van der Waals surface area contributed by atoms with Gasteiger partial charge in [-0.3, -0.25) is 13.6 Å². The quantitative estimate of drug-likeness (QED) is 0.396. The van der Waals surface area contributed by atoms with Crippen LogP contribution in [0.25, 0.3) is 0 Å². The van der Waals surface area contributed by atoms with Crippen LogP contribution in [0.3, 0.4) is 0 Å². The molecule has 0 amide bonds. The Bertz CT molecular complexity index is 316. The van der Waals surface area contributed by atoms with Crippen LogP contribution in [0.1, 0.15) is 27.7 Å². The molecule has 0 aromatic heterocycles. The van der Waals surface area contributed by atoms with Gasteiger partial charge in [-0.25, -0.2) is 4.57 Å². The number of rotatable bonds is 12. The highest BCUT2D eigenvalue weighted by atomic mass is 31.2. The number of phosphoric ester groups is 1. The molecule has 0 aromatic carbocycles. The zero-order chi connectivity index (χ0) is 15.5. The molecule has 0 bridgehead atoms. The van der Waals surface area contributed by atoms with E-state index in [0.29, 0.717) is 0 Å². The lowest BCUT2D eigenvalue weighted by atomic mass is 10.7. The maximum atomic E-state index is 12.1. The Morgan fingerprint density at radius 2 is 1.25 bits per heavy atom. The molecule has 0 aromatic rings. The van der Waals surface area contributed by atoms with Crippen molar-refractivity contribution in [2.24, 2.45) is 0 Å². The van der Waals surface area contributed by atoms with E-state index in [1.165, 1.54) is 6.08 Å². The third kappa shape index (κ3) is 8.20. The summed E-state index contributed by atoms with van der Waals surface area (Å²) in [4.78, 5) is 0. The molecule has 0 atom stereocenters. The Labute approximate surface area is 120 Å². The average Bonchev–Trinajstić information content (AvgIpc) is 2.36. The van der Waals surface area contributed by atoms with Crippen molar-refractivity contribution < 1.29 is 31.7 Å². The number of phosphoric acid groups is 1. The van der Waals surface area contributed by atoms with Crippen LogP contribution >= 0.6 is 15.4 Å². The number of allylic oxidation sites excluding steroid dienone is 1. The van der Waals surface area contributed by atoms with E-state index in [2.05, 4.69) is 0 Å². The normalized spacial score (nSPS) is 13.0. The first-order valence-electron chi connectivity index (χ1n) is 6.55. The van der Waals surface area contributed by atoms with E-state index < -0.39 is 15.4 Å². The van der Waals surface area contributed by atoms with E-state index in [-0.39, 0.29) is 32.6 Å². The van der Waals surface area contributed by atoms with E-state index in [0.717, 1.165) is 6.26 Å². The molecule has 20 heavy (non-hydrogen) atoms. The second kappa shape index (κ2) is 10.6. The molecule has 0 radical (unpaired) electrons. The van der Waals surface area contributed by atoms with Gasteiger partial charge in [-0.15, -0.1) is 0 Å². The minimum absolute atomic E-state index is 0.0208. The fourth-order valence-electron chi connectivity index (χ4n) is 1.24. The summed E-state index contributed by atoms with van der Waals surface area (Å²) in [5.74, 6) is 0. The molecule has 0 spiro atoms. The van der Waals surface area contributed by atoms with Gasteiger partial charge in [0.2, 0.25) is 0 Å². The molecule has 0 rings (SSSR count). The highest BCUT2D eigenvalue weighted by molar-refractivity contribution is 7.54. The average molecular weight is 330 g/mol. The van der Waals surface area contributed by atoms with E-state index in [1.54, 1.807) is 27.7 Å². The molecule has 0 unspecified atom stereocenters. The second-order valence-electron chi connectivity index (χ2n) is 3.39. The van der Waals surface area contributed by atoms with Gasteiger partial charge in [0.1, 0.15) is 0 Å². The van der Waals surface area contributed by atoms with Gasteiger partial charge in [0, 0.05) is 0 Å². The minimum atomic E-state index is -3.59. The molecule has 7 nitrogen and oxygen atoms in total. The van der Waals surface area contributed by atoms with Crippen molar-refractivity contribution in [2.75, 3.05) is 32.6 Å². The minimum Gasteiger partial charge on any atom is -0.412 e. The summed E-state index contributed by atoms with van der Waals surface area (Å²) in [5.41, 5.74) is 0. The van der Waals surface area contributed by atoms with Crippen LogP contribution in [0.5, 0.6) is 0 Å². The lowest BCUT2D eigenvalue weighted by Gasteiger charge is -2.16. The SMILES string of the molecule is CCOP(=O)(C/C=C/OP(=O)(OCC)OCC)OCC. The largest absolute Gasteiger partial charge is 0.529 e. The molecule has 9 heteroatoms. The van der Waals surface area contributed by atoms with Crippen molar-refractivity contribution >= 4 is 15.4 Å². The molecule has 0 heterocycles. The summed E-state index contributed by atoms with van der Waals surface area (Å²) < 4.78 is 49.0. The lowest BCUT2D eigenvalue weighted by molar-refractivity contribution is 0.153. The van der Waals surface area contributed by atoms with E-state index in [1.807, 2.05) is 0 Å². The van der Waals surface area contributed by atoms with Crippen LogP contribution in [0.4, 0.5) is 0 Å². The zero-order valence-electron chi connectivity index (χ0n) is 12.4. The molecule has 120 valence electrons. The molecule has 0 aliphatic heterocycles. The Hall–Kier alpha value is -0.160. The van der Waals surface area contributed by atoms with Gasteiger partial charge in [0.05, 0.1) is 38.9 Å². The van der Waals surface area contributed by atoms with Crippen molar-refractivity contribution in [1.29, 1.82) is 0 Å². The van der Waals surface area contributed by atoms with E-state index in [4.69, 9.17) is 22.6 Å². The third-order valence-electron chi connectivity index (χ3n) is 1.84. The van der Waals surface area contributed by atoms with E-state index in [9.17, 15) is 9.13 Å². The Kier molecular flexibility index (Phi) is 10.5. The van der Waals surface area contributed by atoms with Gasteiger partial charge in [0.15, 0.2) is 0 Å². The van der Waals surface area contributed by atoms with Gasteiger partial charge >= 0.3 is 15.4 Å². The van der Waals surface area contributed by atoms with Crippen LogP contribution in [0, 0.1) is 0 Å². The Morgan fingerprint density at radius 1 is 0.800 bits per heavy atom. The van der Waals surface area contributed by atoms with Crippen molar-refractivity contribution in [3.63, 3.8) is 0 Å². The van der Waals surface area contributed by atoms with Gasteiger partial charge in [-0.05, 0) is 33.8 Å². The standard InChI is InChI=1S/C11H24O7P2/c1-5-14-19(12,15-6-2)11-9-10-18-20(13,16-7-3)17-8-4/h9-10H,5-8,11H2,1-4H3/b10-9+. The fraction of sp³-hybridized carbons (Fsp3) is 0.818. The van der Waals surface area contributed by atoms with Gasteiger partial charge in [0.25, 0.3) is 0 Å². The van der Waals surface area contributed by atoms with E-state index >= 15 is 0 Å². The summed E-state index contributed by atoms with van der Waals surface area (Å²) >= 11 is 0. The first-order chi connectivity index (χ1) is 9.45. The van der Waals surface area contributed by atoms with Crippen molar-refractivity contribution in [2.45, 2.75) is 27.7 Å². The number of hydrogen-bond donors (Lipinski definition) is 0. The van der Waals surface area contributed by atoms with Crippen LogP contribution in [0.15, 0.2) is 12.3 Å². The molecular weight excluding hydrogens is 306 g/mol. The van der Waals surface area contributed by atoms with Crippen LogP contribution < -0.4 is 0 Å². The predicted octanol–water partition coefficient (Wildman–Crippen LogP) is 3.96. The van der Waals surface area contributed by atoms with Gasteiger partial charge < -0.3 is 13.6 Å². The first kappa shape index (κ1) is 19.8. The molecule has 0 fully saturated rings. The van der Waals surface area contributed by atoms with Gasteiger partial charge in [-0.1, -0.05) is 0 Å². The molecular formula is C11H24O7P2. The summed E-state index contributed by atoms with van der Waals surface area (Å²) in [6.45, 7) is 7.76. The van der Waals surface area contributed by atoms with Crippen molar-refractivity contribution in [3.8, 4) is 0 Å². The van der Waals surface area contributed by atoms with Crippen LogP contribution in [-0.4, -0.2) is 32.6 Å². The smallest absolute Gasteiger partial charge is 0.412 e. The summed E-state index contributed by atoms with van der Waals surface area (Å²) in [7, 11) is -6.76. The fourth-order valence-corrected chi connectivity index (χ4v) is 3.72. The lowest BCUT2D eigenvalue weighted by Crippen LogP contribution is -1.99. The highest BCUT2D eigenvalue weighted by Gasteiger charge is 2.26. The Morgan fingerprint density at radius 3 is 1.65 bits per heavy atom. The van der Waals surface area contributed by atoms with Crippen LogP contribution in [-0.2, 0) is 31.7 Å². The Balaban J connectivity index is 4.47. The maximum absolute atomic E-state index is 12.1. The summed E-state index contributed by atoms with van der Waals surface area (Å²) in [5, 5.41) is 0. The summed E-state index contributed by atoms with van der Waals surface area (Å²) in [6.07, 6.45) is 2.57. The van der Waals surface area contributed by atoms with Gasteiger partial charge in [-0.2, -0.15) is 0 Å². The maximum Gasteiger partial charge on any atom is 0.529 e. The van der Waals surface area contributed by atoms with Crippen molar-refractivity contribution in [3.05, 3.63) is 12.3 Å². The summed E-state index contributed by atoms with van der Waals surface area (Å²) in [6, 6.07) is 0. The third-order valence-corrected chi connectivity index (χ3v) is 5.33. The topological polar surface area (TPSA) is 80.3 Å². The monoisotopic (exact) mass is 330 g/mol. The highest BCUT2D eigenvalue weighted by Crippen LogP contribution is 2.50. The number of hydrogen-bond acceptors (Lipinski definition) is 7. The zero-order valence-corrected chi connectivity index (χ0v) is 14.2. The molecule has 0 aliphatic carbocycles. The van der Waals surface area contributed by atoms with Crippen molar-refractivity contribution in [1.82, 2.24) is 0 Å². The molecule has 0 N–H and O–H groups in total. The van der Waals surface area contributed by atoms with Crippen LogP contribution in [0.2, 0.25) is 0 Å². The molecule has 0 saturated carbocycles.